The summed E-state index contributed by atoms with van der Waals surface area (Å²) in [4.78, 5) is 23.3. The molecule has 0 spiro atoms. The zero-order chi connectivity index (χ0) is 16.6. The number of amides is 2. The van der Waals surface area contributed by atoms with Crippen molar-refractivity contribution in [2.24, 2.45) is 5.73 Å². The second-order valence-electron chi connectivity index (χ2n) is 5.94. The number of hydrogen-bond acceptors (Lipinski definition) is 4. The normalized spacial score (nSPS) is 10.9. The molecule has 0 heterocycles. The van der Waals surface area contributed by atoms with Crippen LogP contribution in [0.15, 0.2) is 24.3 Å². The average molecular weight is 307 g/mol. The fourth-order valence-corrected chi connectivity index (χ4v) is 1.69. The molecule has 0 aliphatic heterocycles. The number of benzene rings is 1. The first-order valence-electron chi connectivity index (χ1n) is 7.36. The van der Waals surface area contributed by atoms with Crippen LogP contribution in [0.4, 0.5) is 4.79 Å². The van der Waals surface area contributed by atoms with Crippen molar-refractivity contribution in [1.82, 2.24) is 10.6 Å². The van der Waals surface area contributed by atoms with E-state index in [0.29, 0.717) is 31.6 Å². The third-order valence-corrected chi connectivity index (χ3v) is 2.76. The highest BCUT2D eigenvalue weighted by Gasteiger charge is 2.15. The fourth-order valence-electron chi connectivity index (χ4n) is 1.69. The molecule has 0 aliphatic carbocycles. The molecule has 0 bridgehead atoms. The van der Waals surface area contributed by atoms with Crippen LogP contribution in [0.5, 0.6) is 0 Å². The molecule has 0 saturated carbocycles. The highest BCUT2D eigenvalue weighted by Crippen LogP contribution is 2.06. The van der Waals surface area contributed by atoms with Crippen LogP contribution >= 0.6 is 0 Å². The van der Waals surface area contributed by atoms with E-state index in [0.717, 1.165) is 5.56 Å². The number of rotatable bonds is 6. The summed E-state index contributed by atoms with van der Waals surface area (Å²) >= 11 is 0. The van der Waals surface area contributed by atoms with Crippen LogP contribution in [0.2, 0.25) is 0 Å². The second-order valence-corrected chi connectivity index (χ2v) is 5.94. The zero-order valence-electron chi connectivity index (χ0n) is 13.4. The van der Waals surface area contributed by atoms with E-state index in [2.05, 4.69) is 10.6 Å². The van der Waals surface area contributed by atoms with E-state index >= 15 is 0 Å². The number of alkyl carbamates (subject to hydrolysis) is 1. The van der Waals surface area contributed by atoms with Crippen molar-refractivity contribution in [3.05, 3.63) is 35.4 Å². The van der Waals surface area contributed by atoms with Gasteiger partial charge in [0.1, 0.15) is 5.60 Å². The van der Waals surface area contributed by atoms with Crippen LogP contribution in [0.25, 0.3) is 0 Å². The van der Waals surface area contributed by atoms with Gasteiger partial charge in [-0.1, -0.05) is 12.1 Å². The molecule has 6 nitrogen and oxygen atoms in total. The molecule has 1 aromatic carbocycles. The molecule has 0 aromatic heterocycles. The average Bonchev–Trinajstić information content (AvgIpc) is 2.45. The van der Waals surface area contributed by atoms with Crippen LogP contribution in [0.1, 0.15) is 43.1 Å². The highest BCUT2D eigenvalue weighted by molar-refractivity contribution is 5.94. The molecule has 0 fully saturated rings. The molecule has 122 valence electrons. The molecule has 0 atom stereocenters. The quantitative estimate of drug-likeness (QED) is 0.698. The van der Waals surface area contributed by atoms with E-state index in [9.17, 15) is 9.59 Å². The van der Waals surface area contributed by atoms with Gasteiger partial charge in [0, 0.05) is 25.2 Å². The first kappa shape index (κ1) is 18.0. The lowest BCUT2D eigenvalue weighted by Gasteiger charge is -2.19. The summed E-state index contributed by atoms with van der Waals surface area (Å²) in [6.07, 6.45) is 0.183. The SMILES string of the molecule is CC(C)(C)OC(=O)NCCCNC(=O)c1ccc(CN)cc1. The van der Waals surface area contributed by atoms with E-state index in [1.165, 1.54) is 0 Å². The predicted octanol–water partition coefficient (Wildman–Crippen LogP) is 1.79. The minimum Gasteiger partial charge on any atom is -0.444 e. The Morgan fingerprint density at radius 2 is 1.68 bits per heavy atom. The number of nitrogens with one attached hydrogen (secondary N) is 2. The summed E-state index contributed by atoms with van der Waals surface area (Å²) in [6, 6.07) is 7.16. The Hall–Kier alpha value is -2.08. The van der Waals surface area contributed by atoms with Crippen molar-refractivity contribution < 1.29 is 14.3 Å². The van der Waals surface area contributed by atoms with Gasteiger partial charge >= 0.3 is 6.09 Å². The molecule has 0 radical (unpaired) electrons. The second kappa shape index (κ2) is 8.38. The highest BCUT2D eigenvalue weighted by atomic mass is 16.6. The van der Waals surface area contributed by atoms with Gasteiger partial charge in [-0.05, 0) is 44.9 Å². The van der Waals surface area contributed by atoms with Gasteiger partial charge in [0.25, 0.3) is 5.91 Å². The topological polar surface area (TPSA) is 93.5 Å². The van der Waals surface area contributed by atoms with Gasteiger partial charge in [-0.3, -0.25) is 4.79 Å². The van der Waals surface area contributed by atoms with E-state index < -0.39 is 11.7 Å². The third kappa shape index (κ3) is 7.08. The maximum absolute atomic E-state index is 11.9. The van der Waals surface area contributed by atoms with Gasteiger partial charge in [-0.25, -0.2) is 4.79 Å². The first-order valence-corrected chi connectivity index (χ1v) is 7.36. The number of ether oxygens (including phenoxy) is 1. The Bertz CT molecular complexity index is 492. The van der Waals surface area contributed by atoms with Crippen molar-refractivity contribution in [3.8, 4) is 0 Å². The van der Waals surface area contributed by atoms with Crippen molar-refractivity contribution in [3.63, 3.8) is 0 Å². The minimum absolute atomic E-state index is 0.138. The molecule has 0 aliphatic rings. The molecule has 1 rings (SSSR count). The van der Waals surface area contributed by atoms with Crippen molar-refractivity contribution >= 4 is 12.0 Å². The largest absolute Gasteiger partial charge is 0.444 e. The lowest BCUT2D eigenvalue weighted by molar-refractivity contribution is 0.0527. The fraction of sp³-hybridized carbons (Fsp3) is 0.500. The summed E-state index contributed by atoms with van der Waals surface area (Å²) < 4.78 is 5.11. The number of carbonyl (C=O) groups excluding carboxylic acids is 2. The number of nitrogens with two attached hydrogens (primary N) is 1. The minimum atomic E-state index is -0.506. The Balaban J connectivity index is 2.21. The lowest BCUT2D eigenvalue weighted by atomic mass is 10.1. The van der Waals surface area contributed by atoms with Gasteiger partial charge in [-0.15, -0.1) is 0 Å². The Kier molecular flexibility index (Phi) is 6.85. The van der Waals surface area contributed by atoms with Gasteiger partial charge < -0.3 is 21.1 Å². The molecule has 0 saturated heterocycles. The molecule has 6 heteroatoms. The third-order valence-electron chi connectivity index (χ3n) is 2.76. The lowest BCUT2D eigenvalue weighted by Crippen LogP contribution is -2.34. The van der Waals surface area contributed by atoms with Crippen molar-refractivity contribution in [2.45, 2.75) is 39.3 Å². The van der Waals surface area contributed by atoms with E-state index in [1.807, 2.05) is 32.9 Å². The molecule has 1 aromatic rings. The summed E-state index contributed by atoms with van der Waals surface area (Å²) in [7, 11) is 0. The van der Waals surface area contributed by atoms with Gasteiger partial charge in [0.05, 0.1) is 0 Å². The predicted molar refractivity (Wildman–Crippen MR) is 85.5 cm³/mol. The Labute approximate surface area is 131 Å². The van der Waals surface area contributed by atoms with Crippen LogP contribution in [-0.2, 0) is 11.3 Å². The van der Waals surface area contributed by atoms with E-state index in [4.69, 9.17) is 10.5 Å². The molecular formula is C16H25N3O3. The first-order chi connectivity index (χ1) is 10.3. The summed E-state index contributed by atoms with van der Waals surface area (Å²) in [5.41, 5.74) is 6.58. The van der Waals surface area contributed by atoms with Crippen LogP contribution in [0.3, 0.4) is 0 Å². The van der Waals surface area contributed by atoms with Gasteiger partial charge in [-0.2, -0.15) is 0 Å². The standard InChI is InChI=1S/C16H25N3O3/c1-16(2,3)22-15(21)19-10-4-9-18-14(20)13-7-5-12(11-17)6-8-13/h5-8H,4,9-11,17H2,1-3H3,(H,18,20)(H,19,21). The van der Waals surface area contributed by atoms with Crippen molar-refractivity contribution in [1.29, 1.82) is 0 Å². The maximum atomic E-state index is 11.9. The summed E-state index contributed by atoms with van der Waals surface area (Å²) in [5, 5.41) is 5.44. The van der Waals surface area contributed by atoms with Crippen LogP contribution < -0.4 is 16.4 Å². The van der Waals surface area contributed by atoms with E-state index in [-0.39, 0.29) is 5.91 Å². The van der Waals surface area contributed by atoms with Crippen LogP contribution in [-0.4, -0.2) is 30.7 Å². The zero-order valence-corrected chi connectivity index (χ0v) is 13.4. The van der Waals surface area contributed by atoms with E-state index in [1.54, 1.807) is 12.1 Å². The monoisotopic (exact) mass is 307 g/mol. The molecule has 22 heavy (non-hydrogen) atoms. The maximum Gasteiger partial charge on any atom is 0.407 e. The molecule has 0 unspecified atom stereocenters. The smallest absolute Gasteiger partial charge is 0.407 e. The summed E-state index contributed by atoms with van der Waals surface area (Å²) in [6.45, 7) is 6.81. The summed E-state index contributed by atoms with van der Waals surface area (Å²) in [5.74, 6) is -0.138. The molecule has 2 amide bonds. The number of hydrogen-bond donors (Lipinski definition) is 3. The van der Waals surface area contributed by atoms with Crippen LogP contribution in [0, 0.1) is 0 Å². The molecular weight excluding hydrogens is 282 g/mol. The van der Waals surface area contributed by atoms with Gasteiger partial charge in [0.15, 0.2) is 0 Å². The molecule has 4 N–H and O–H groups in total. The van der Waals surface area contributed by atoms with Gasteiger partial charge in [0.2, 0.25) is 0 Å². The number of carbonyl (C=O) groups is 2. The Morgan fingerprint density at radius 1 is 1.09 bits per heavy atom. The Morgan fingerprint density at radius 3 is 2.23 bits per heavy atom. The van der Waals surface area contributed by atoms with Crippen molar-refractivity contribution in [2.75, 3.05) is 13.1 Å².